The van der Waals surface area contributed by atoms with Gasteiger partial charge in [0, 0.05) is 5.56 Å². The summed E-state index contributed by atoms with van der Waals surface area (Å²) in [6.07, 6.45) is 0. The molecule has 0 aliphatic carbocycles. The molecule has 4 aromatic rings. The lowest BCUT2D eigenvalue weighted by Crippen LogP contribution is -1.97. The molecule has 0 saturated heterocycles. The highest BCUT2D eigenvalue weighted by atomic mass is 32.1. The standard InChI is InChI=1S/C22H16F2N2OS/c1-12-9-14(3-6-17(12)13(2)27)15-4-7-19(18(24)10-15)25-22-26-20-8-5-16(23)11-21(20)28-22/h3-11H,1-2H3,(H,25,26). The van der Waals surface area contributed by atoms with Crippen molar-refractivity contribution < 1.29 is 13.6 Å². The summed E-state index contributed by atoms with van der Waals surface area (Å²) in [5.74, 6) is -0.744. The number of aryl methyl sites for hydroxylation is 1. The molecular weight excluding hydrogens is 378 g/mol. The summed E-state index contributed by atoms with van der Waals surface area (Å²) in [5.41, 5.74) is 4.02. The summed E-state index contributed by atoms with van der Waals surface area (Å²) in [5, 5.41) is 3.45. The fourth-order valence-corrected chi connectivity index (χ4v) is 4.00. The predicted octanol–water partition coefficient (Wildman–Crippen LogP) is 6.50. The Balaban J connectivity index is 1.62. The number of nitrogens with one attached hydrogen (secondary N) is 1. The molecule has 140 valence electrons. The van der Waals surface area contributed by atoms with E-state index >= 15 is 0 Å². The Bertz CT molecular complexity index is 1220. The van der Waals surface area contributed by atoms with Crippen molar-refractivity contribution in [3.8, 4) is 11.1 Å². The molecule has 0 bridgehead atoms. The van der Waals surface area contributed by atoms with Crippen LogP contribution in [0.2, 0.25) is 0 Å². The van der Waals surface area contributed by atoms with Gasteiger partial charge >= 0.3 is 0 Å². The maximum atomic E-state index is 14.6. The van der Waals surface area contributed by atoms with Gasteiger partial charge in [0.15, 0.2) is 10.9 Å². The summed E-state index contributed by atoms with van der Waals surface area (Å²) < 4.78 is 28.7. The largest absolute Gasteiger partial charge is 0.329 e. The van der Waals surface area contributed by atoms with E-state index in [-0.39, 0.29) is 11.6 Å². The molecule has 0 saturated carbocycles. The third kappa shape index (κ3) is 3.51. The normalized spacial score (nSPS) is 11.0. The van der Waals surface area contributed by atoms with Crippen LogP contribution >= 0.6 is 11.3 Å². The van der Waals surface area contributed by atoms with Gasteiger partial charge in [0.2, 0.25) is 0 Å². The molecule has 1 heterocycles. The molecule has 0 radical (unpaired) electrons. The second kappa shape index (κ2) is 7.13. The van der Waals surface area contributed by atoms with Crippen LogP contribution in [0.15, 0.2) is 54.6 Å². The number of Topliss-reactive ketones (excluding diaryl/α,β-unsaturated/α-hetero) is 1. The number of hydrogen-bond acceptors (Lipinski definition) is 4. The first-order valence-corrected chi connectivity index (χ1v) is 9.47. The number of nitrogens with zero attached hydrogens (tertiary/aromatic N) is 1. The minimum Gasteiger partial charge on any atom is -0.329 e. The van der Waals surface area contributed by atoms with Gasteiger partial charge in [-0.25, -0.2) is 13.8 Å². The molecule has 28 heavy (non-hydrogen) atoms. The van der Waals surface area contributed by atoms with Gasteiger partial charge in [-0.1, -0.05) is 35.6 Å². The van der Waals surface area contributed by atoms with Gasteiger partial charge in [0.05, 0.1) is 15.9 Å². The molecule has 0 unspecified atom stereocenters. The number of carbonyl (C=O) groups excluding carboxylic acids is 1. The first-order chi connectivity index (χ1) is 13.4. The Kier molecular flexibility index (Phi) is 4.65. The molecule has 0 amide bonds. The van der Waals surface area contributed by atoms with Crippen molar-refractivity contribution in [2.45, 2.75) is 13.8 Å². The van der Waals surface area contributed by atoms with Crippen molar-refractivity contribution in [1.29, 1.82) is 0 Å². The summed E-state index contributed by atoms with van der Waals surface area (Å²) in [7, 11) is 0. The molecule has 3 nitrogen and oxygen atoms in total. The van der Waals surface area contributed by atoms with E-state index in [9.17, 15) is 13.6 Å². The van der Waals surface area contributed by atoms with Crippen molar-refractivity contribution in [2.75, 3.05) is 5.32 Å². The van der Waals surface area contributed by atoms with Crippen molar-refractivity contribution in [1.82, 2.24) is 4.98 Å². The average molecular weight is 394 g/mol. The van der Waals surface area contributed by atoms with Crippen LogP contribution in [0, 0.1) is 18.6 Å². The average Bonchev–Trinajstić information content (AvgIpc) is 3.04. The number of aromatic nitrogens is 1. The molecule has 1 N–H and O–H groups in total. The second-order valence-electron chi connectivity index (χ2n) is 6.54. The molecule has 1 aromatic heterocycles. The van der Waals surface area contributed by atoms with Gasteiger partial charge in [-0.3, -0.25) is 4.79 Å². The van der Waals surface area contributed by atoms with Crippen LogP contribution < -0.4 is 5.32 Å². The quantitative estimate of drug-likeness (QED) is 0.402. The van der Waals surface area contributed by atoms with Crippen molar-refractivity contribution in [3.63, 3.8) is 0 Å². The fraction of sp³-hybridized carbons (Fsp3) is 0.0909. The van der Waals surface area contributed by atoms with E-state index in [1.54, 1.807) is 24.3 Å². The van der Waals surface area contributed by atoms with Crippen LogP contribution in [0.5, 0.6) is 0 Å². The number of thiazole rings is 1. The number of hydrogen-bond donors (Lipinski definition) is 1. The lowest BCUT2D eigenvalue weighted by Gasteiger charge is -2.09. The maximum absolute atomic E-state index is 14.6. The van der Waals surface area contributed by atoms with Gasteiger partial charge in [-0.05, 0) is 60.9 Å². The molecule has 3 aromatic carbocycles. The number of carbonyl (C=O) groups is 1. The summed E-state index contributed by atoms with van der Waals surface area (Å²) >= 11 is 1.26. The Morgan fingerprint density at radius 3 is 2.46 bits per heavy atom. The number of ketones is 1. The maximum Gasteiger partial charge on any atom is 0.188 e. The van der Waals surface area contributed by atoms with E-state index in [0.717, 1.165) is 11.1 Å². The van der Waals surface area contributed by atoms with Crippen LogP contribution in [-0.2, 0) is 0 Å². The number of fused-ring (bicyclic) bond motifs is 1. The third-order valence-corrected chi connectivity index (χ3v) is 5.43. The first-order valence-electron chi connectivity index (χ1n) is 8.65. The zero-order valence-corrected chi connectivity index (χ0v) is 16.0. The smallest absolute Gasteiger partial charge is 0.188 e. The lowest BCUT2D eigenvalue weighted by molar-refractivity contribution is 0.101. The number of benzene rings is 3. The molecule has 0 atom stereocenters. The predicted molar refractivity (Wildman–Crippen MR) is 109 cm³/mol. The van der Waals surface area contributed by atoms with Gasteiger partial charge < -0.3 is 5.32 Å². The molecule has 0 aliphatic rings. The molecule has 0 fully saturated rings. The topological polar surface area (TPSA) is 42.0 Å². The zero-order valence-electron chi connectivity index (χ0n) is 15.2. The third-order valence-electron chi connectivity index (χ3n) is 4.50. The van der Waals surface area contributed by atoms with Crippen molar-refractivity contribution in [2.24, 2.45) is 0 Å². The summed E-state index contributed by atoms with van der Waals surface area (Å²) in [6, 6.07) is 14.7. The van der Waals surface area contributed by atoms with Gasteiger partial charge in [-0.2, -0.15) is 0 Å². The van der Waals surface area contributed by atoms with Crippen molar-refractivity contribution >= 4 is 38.2 Å². The Labute approximate surface area is 164 Å². The van der Waals surface area contributed by atoms with Gasteiger partial charge in [-0.15, -0.1) is 0 Å². The van der Waals surface area contributed by atoms with Crippen LogP contribution in [0.1, 0.15) is 22.8 Å². The number of rotatable bonds is 4. The SMILES string of the molecule is CC(=O)c1ccc(-c2ccc(Nc3nc4ccc(F)cc4s3)c(F)c2)cc1C. The number of anilines is 2. The van der Waals surface area contributed by atoms with Gasteiger partial charge in [0.1, 0.15) is 11.6 Å². The van der Waals surface area contributed by atoms with Crippen LogP contribution in [0.4, 0.5) is 19.6 Å². The van der Waals surface area contributed by atoms with Crippen LogP contribution in [0.3, 0.4) is 0 Å². The van der Waals surface area contributed by atoms with Crippen LogP contribution in [-0.4, -0.2) is 10.8 Å². The highest BCUT2D eigenvalue weighted by molar-refractivity contribution is 7.22. The Morgan fingerprint density at radius 2 is 1.75 bits per heavy atom. The van der Waals surface area contributed by atoms with Gasteiger partial charge in [0.25, 0.3) is 0 Å². The number of halogens is 2. The van der Waals surface area contributed by atoms with E-state index in [1.165, 1.54) is 36.5 Å². The highest BCUT2D eigenvalue weighted by Gasteiger charge is 2.11. The minimum atomic E-state index is -0.420. The molecular formula is C22H16F2N2OS. The molecule has 0 spiro atoms. The minimum absolute atomic E-state index is 0.00509. The Hall–Kier alpha value is -3.12. The monoisotopic (exact) mass is 394 g/mol. The zero-order chi connectivity index (χ0) is 19.8. The summed E-state index contributed by atoms with van der Waals surface area (Å²) in [4.78, 5) is 15.9. The van der Waals surface area contributed by atoms with Crippen molar-refractivity contribution in [3.05, 3.63) is 77.4 Å². The summed E-state index contributed by atoms with van der Waals surface area (Å²) in [6.45, 7) is 3.39. The molecule has 4 rings (SSSR count). The van der Waals surface area contributed by atoms with E-state index in [1.807, 2.05) is 19.1 Å². The van der Waals surface area contributed by atoms with E-state index in [2.05, 4.69) is 10.3 Å². The lowest BCUT2D eigenvalue weighted by atomic mass is 9.98. The first kappa shape index (κ1) is 18.3. The highest BCUT2D eigenvalue weighted by Crippen LogP contribution is 2.31. The van der Waals surface area contributed by atoms with E-state index in [4.69, 9.17) is 0 Å². The fourth-order valence-electron chi connectivity index (χ4n) is 3.10. The van der Waals surface area contributed by atoms with E-state index < -0.39 is 5.82 Å². The molecule has 6 heteroatoms. The van der Waals surface area contributed by atoms with Crippen LogP contribution in [0.25, 0.3) is 21.3 Å². The van der Waals surface area contributed by atoms with E-state index in [0.29, 0.717) is 32.2 Å². The second-order valence-corrected chi connectivity index (χ2v) is 7.57. The Morgan fingerprint density at radius 1 is 1.00 bits per heavy atom. The molecule has 0 aliphatic heterocycles.